The predicted octanol–water partition coefficient (Wildman–Crippen LogP) is 2.62. The third-order valence-corrected chi connectivity index (χ3v) is 5.48. The second kappa shape index (κ2) is 9.29. The number of nitrogens with zero attached hydrogens (tertiary/aromatic N) is 6. The zero-order valence-electron chi connectivity index (χ0n) is 17.7. The van der Waals surface area contributed by atoms with Crippen molar-refractivity contribution in [3.8, 4) is 11.8 Å². The van der Waals surface area contributed by atoms with Crippen molar-refractivity contribution < 1.29 is 4.39 Å². The molecule has 0 amide bonds. The van der Waals surface area contributed by atoms with Crippen molar-refractivity contribution in [2.45, 2.75) is 19.3 Å². The van der Waals surface area contributed by atoms with Crippen molar-refractivity contribution >= 4 is 40.1 Å². The second-order valence-corrected chi connectivity index (χ2v) is 8.03. The molecular weight excluding hydrogens is 461 g/mol. The summed E-state index contributed by atoms with van der Waals surface area (Å²) >= 11 is 6.13. The van der Waals surface area contributed by atoms with Gasteiger partial charge in [-0.15, -0.1) is 0 Å². The molecule has 6 N–H and O–H groups in total. The van der Waals surface area contributed by atoms with Gasteiger partial charge in [-0.3, -0.25) is 14.3 Å². The molecule has 0 bridgehead atoms. The molecule has 12 heteroatoms. The van der Waals surface area contributed by atoms with Crippen LogP contribution in [-0.4, -0.2) is 24.5 Å². The van der Waals surface area contributed by atoms with Gasteiger partial charge < -0.3 is 17.2 Å². The Morgan fingerprint density at radius 1 is 1.15 bits per heavy atom. The lowest BCUT2D eigenvalue weighted by atomic mass is 10.2. The maximum Gasteiger partial charge on any atom is 0.267 e. The Labute approximate surface area is 197 Å². The number of pyridine rings is 1. The monoisotopic (exact) mass is 479 g/mol. The summed E-state index contributed by atoms with van der Waals surface area (Å²) in [7, 11) is 0. The van der Waals surface area contributed by atoms with Gasteiger partial charge >= 0.3 is 0 Å². The number of aromatic nitrogens is 5. The van der Waals surface area contributed by atoms with Gasteiger partial charge in [0, 0.05) is 12.6 Å². The summed E-state index contributed by atoms with van der Waals surface area (Å²) in [5, 5.41) is 8.77. The minimum atomic E-state index is -0.531. The van der Waals surface area contributed by atoms with Crippen molar-refractivity contribution in [3.63, 3.8) is 0 Å². The highest BCUT2D eigenvalue weighted by molar-refractivity contribution is 6.35. The minimum absolute atomic E-state index is 0.0116. The molecule has 1 aromatic carbocycles. The summed E-state index contributed by atoms with van der Waals surface area (Å²) in [5.41, 5.74) is 16.2. The van der Waals surface area contributed by atoms with Gasteiger partial charge in [-0.2, -0.15) is 15.2 Å². The molecule has 3 heterocycles. The van der Waals surface area contributed by atoms with Crippen LogP contribution < -0.4 is 22.8 Å². The van der Waals surface area contributed by atoms with Crippen molar-refractivity contribution in [2.75, 3.05) is 17.2 Å². The van der Waals surface area contributed by atoms with Crippen LogP contribution in [0.15, 0.2) is 41.5 Å². The predicted molar refractivity (Wildman–Crippen MR) is 127 cm³/mol. The number of halogens is 2. The van der Waals surface area contributed by atoms with Crippen LogP contribution >= 0.6 is 11.6 Å². The first-order chi connectivity index (χ1) is 16.3. The van der Waals surface area contributed by atoms with Crippen LogP contribution in [0.3, 0.4) is 0 Å². The maximum absolute atomic E-state index is 14.1. The number of fused-ring (bicyclic) bond motifs is 1. The molecule has 0 radical (unpaired) electrons. The van der Waals surface area contributed by atoms with Crippen LogP contribution in [0.2, 0.25) is 5.02 Å². The van der Waals surface area contributed by atoms with E-state index in [9.17, 15) is 9.18 Å². The molecule has 1 fully saturated rings. The molecule has 0 atom stereocenters. The van der Waals surface area contributed by atoms with Gasteiger partial charge in [0.2, 0.25) is 5.95 Å². The van der Waals surface area contributed by atoms with E-state index in [4.69, 9.17) is 34.1 Å². The first-order valence-electron chi connectivity index (χ1n) is 10.2. The van der Waals surface area contributed by atoms with E-state index in [1.165, 1.54) is 16.7 Å². The van der Waals surface area contributed by atoms with E-state index in [2.05, 4.69) is 19.9 Å². The van der Waals surface area contributed by atoms with E-state index in [1.807, 2.05) is 0 Å². The van der Waals surface area contributed by atoms with Crippen LogP contribution in [-0.2, 0) is 6.42 Å². The summed E-state index contributed by atoms with van der Waals surface area (Å²) in [5.74, 6) is 0.523. The smallest absolute Gasteiger partial charge is 0.267 e. The number of rotatable bonds is 3. The molecule has 5 rings (SSSR count). The largest absolute Gasteiger partial charge is 0.382 e. The van der Waals surface area contributed by atoms with Crippen molar-refractivity contribution in [3.05, 3.63) is 69.2 Å². The van der Waals surface area contributed by atoms with E-state index in [0.717, 1.165) is 12.8 Å². The van der Waals surface area contributed by atoms with Crippen LogP contribution in [0.25, 0.3) is 16.6 Å². The Bertz CT molecular complexity index is 1460. The zero-order valence-corrected chi connectivity index (χ0v) is 18.5. The number of hydrogen-bond acceptors (Lipinski definition) is 9. The first kappa shape index (κ1) is 22.9. The topological polar surface area (TPSA) is 175 Å². The van der Waals surface area contributed by atoms with Crippen molar-refractivity contribution in [1.82, 2.24) is 24.5 Å². The highest BCUT2D eigenvalue weighted by Gasteiger charge is 2.26. The van der Waals surface area contributed by atoms with Gasteiger partial charge in [0.1, 0.15) is 40.4 Å². The zero-order chi connectivity index (χ0) is 24.4. The molecule has 0 spiro atoms. The van der Waals surface area contributed by atoms with Crippen LogP contribution in [0.4, 0.5) is 22.0 Å². The standard InChI is InChI=1S/C17H13ClFN3O.C5H6N6/c18-12-5-6-13(19)16-15(12)17(23)22(11-2-1-7-20-9-11)14(21-16)8-10-3-4-10;6-1-2-3(7)10-5(9)11-4(2)8/h1-2,5-7,9-10H,3-4,8H2;(H6,7,8,9,10,11). The number of nitrogen functional groups attached to an aromatic ring is 3. The van der Waals surface area contributed by atoms with E-state index in [0.29, 0.717) is 23.9 Å². The lowest BCUT2D eigenvalue weighted by Crippen LogP contribution is -2.25. The molecule has 0 saturated heterocycles. The van der Waals surface area contributed by atoms with Gasteiger partial charge in [0.25, 0.3) is 5.56 Å². The molecule has 1 saturated carbocycles. The summed E-state index contributed by atoms with van der Waals surface area (Å²) in [6, 6.07) is 7.92. The lowest BCUT2D eigenvalue weighted by Gasteiger charge is -2.14. The van der Waals surface area contributed by atoms with Crippen LogP contribution in [0.1, 0.15) is 24.2 Å². The fourth-order valence-corrected chi connectivity index (χ4v) is 3.59. The van der Waals surface area contributed by atoms with Crippen LogP contribution in [0, 0.1) is 23.1 Å². The Morgan fingerprint density at radius 3 is 2.44 bits per heavy atom. The summed E-state index contributed by atoms with van der Waals surface area (Å²) in [6.07, 6.45) is 6.10. The van der Waals surface area contributed by atoms with Crippen molar-refractivity contribution in [2.24, 2.45) is 5.92 Å². The van der Waals surface area contributed by atoms with Crippen LogP contribution in [0.5, 0.6) is 0 Å². The Morgan fingerprint density at radius 2 is 1.85 bits per heavy atom. The highest BCUT2D eigenvalue weighted by atomic mass is 35.5. The highest BCUT2D eigenvalue weighted by Crippen LogP contribution is 2.33. The molecule has 0 unspecified atom stereocenters. The van der Waals surface area contributed by atoms with E-state index in [1.54, 1.807) is 30.6 Å². The van der Waals surface area contributed by atoms with Gasteiger partial charge in [-0.1, -0.05) is 11.6 Å². The van der Waals surface area contributed by atoms with E-state index < -0.39 is 5.82 Å². The average molecular weight is 480 g/mol. The van der Waals surface area contributed by atoms with Gasteiger partial charge in [0.05, 0.1) is 22.3 Å². The summed E-state index contributed by atoms with van der Waals surface area (Å²) in [4.78, 5) is 28.6. The fourth-order valence-electron chi connectivity index (χ4n) is 3.36. The quantitative estimate of drug-likeness (QED) is 0.398. The third kappa shape index (κ3) is 4.57. The molecule has 1 aliphatic rings. The maximum atomic E-state index is 14.1. The van der Waals surface area contributed by atoms with Crippen molar-refractivity contribution in [1.29, 1.82) is 5.26 Å². The summed E-state index contributed by atoms with van der Waals surface area (Å²) in [6.45, 7) is 0. The minimum Gasteiger partial charge on any atom is -0.382 e. The molecule has 10 nitrogen and oxygen atoms in total. The number of benzene rings is 1. The molecule has 0 aliphatic heterocycles. The molecule has 34 heavy (non-hydrogen) atoms. The summed E-state index contributed by atoms with van der Waals surface area (Å²) < 4.78 is 15.6. The number of nitriles is 1. The lowest BCUT2D eigenvalue weighted by molar-refractivity contribution is 0.632. The number of anilines is 3. The van der Waals surface area contributed by atoms with E-state index in [-0.39, 0.29) is 44.6 Å². The Hall–Kier alpha value is -4.30. The SMILES string of the molecule is N#Cc1c(N)nc(N)nc1N.O=c1c2c(Cl)ccc(F)c2nc(CC2CC2)n1-c1cccnc1. The number of nitrogens with two attached hydrogens (primary N) is 3. The second-order valence-electron chi connectivity index (χ2n) is 7.62. The first-order valence-corrected chi connectivity index (χ1v) is 10.6. The van der Waals surface area contributed by atoms with Gasteiger partial charge in [0.15, 0.2) is 0 Å². The number of hydrogen-bond donors (Lipinski definition) is 3. The average Bonchev–Trinajstić information content (AvgIpc) is 3.61. The molecule has 3 aromatic heterocycles. The Balaban J connectivity index is 0.000000210. The Kier molecular flexibility index (Phi) is 6.25. The fraction of sp³-hybridized carbons (Fsp3) is 0.182. The van der Waals surface area contributed by atoms with Gasteiger partial charge in [-0.05, 0) is 43.0 Å². The molecule has 4 aromatic rings. The molecule has 1 aliphatic carbocycles. The molecular formula is C22H19ClFN9O. The molecule has 172 valence electrons. The normalized spacial score (nSPS) is 12.6. The van der Waals surface area contributed by atoms with E-state index >= 15 is 0 Å². The third-order valence-electron chi connectivity index (χ3n) is 5.16. The van der Waals surface area contributed by atoms with Gasteiger partial charge in [-0.25, -0.2) is 9.37 Å².